The second-order valence-electron chi connectivity index (χ2n) is 7.62. The third-order valence-corrected chi connectivity index (χ3v) is 8.07. The molecule has 0 spiro atoms. The first-order chi connectivity index (χ1) is 14.3. The van der Waals surface area contributed by atoms with Gasteiger partial charge in [-0.3, -0.25) is 10.2 Å². The molecule has 4 heterocycles. The van der Waals surface area contributed by atoms with Gasteiger partial charge in [-0.15, -0.1) is 11.3 Å². The molecule has 0 bridgehead atoms. The fourth-order valence-corrected chi connectivity index (χ4v) is 6.48. The van der Waals surface area contributed by atoms with E-state index >= 15 is 0 Å². The molecule has 3 aliphatic heterocycles. The monoisotopic (exact) mass is 450 g/mol. The molecule has 11 heteroatoms. The van der Waals surface area contributed by atoms with E-state index in [2.05, 4.69) is 4.98 Å². The van der Waals surface area contributed by atoms with E-state index in [1.165, 1.54) is 34.3 Å². The van der Waals surface area contributed by atoms with Crippen LogP contribution in [0.4, 0.5) is 0 Å². The quantitative estimate of drug-likeness (QED) is 0.275. The lowest BCUT2D eigenvalue weighted by Gasteiger charge is -2.46. The fraction of sp³-hybridized carbons (Fsp3) is 0.474. The van der Waals surface area contributed by atoms with Crippen LogP contribution >= 0.6 is 23.1 Å². The summed E-state index contributed by atoms with van der Waals surface area (Å²) in [5.74, 6) is -2.33. The Kier molecular flexibility index (Phi) is 5.47. The van der Waals surface area contributed by atoms with Gasteiger partial charge in [0.05, 0.1) is 42.7 Å². The van der Waals surface area contributed by atoms with Gasteiger partial charge in [-0.2, -0.15) is 0 Å². The van der Waals surface area contributed by atoms with Gasteiger partial charge in [-0.05, 0) is 12.5 Å². The van der Waals surface area contributed by atoms with E-state index in [0.29, 0.717) is 15.8 Å². The number of aliphatic hydroxyl groups is 2. The van der Waals surface area contributed by atoms with Gasteiger partial charge in [-0.25, -0.2) is 9.78 Å². The molecule has 1 aromatic heterocycles. The van der Waals surface area contributed by atoms with Crippen LogP contribution in [0.5, 0.6) is 0 Å². The number of carbonyl (C=O) groups is 2. The zero-order chi connectivity index (χ0) is 21.7. The zero-order valence-electron chi connectivity index (χ0n) is 16.3. The van der Waals surface area contributed by atoms with Gasteiger partial charge < -0.3 is 25.1 Å². The van der Waals surface area contributed by atoms with Crippen molar-refractivity contribution >= 4 is 46.9 Å². The SMILES string of the molecule is CC(O)C1C(=O)N2C(C(=O)O)=C(Sc3nc(C4=CC(CO)N(C=N)C4)cs3)C(C)C12. The average Bonchev–Trinajstić information content (AvgIpc) is 3.38. The van der Waals surface area contributed by atoms with Crippen LogP contribution in [0.3, 0.4) is 0 Å². The molecule has 0 saturated carbocycles. The van der Waals surface area contributed by atoms with Crippen LogP contribution in [0.25, 0.3) is 5.57 Å². The number of hydrogen-bond donors (Lipinski definition) is 4. The second kappa shape index (κ2) is 7.80. The van der Waals surface area contributed by atoms with Crippen LogP contribution in [-0.2, 0) is 9.59 Å². The van der Waals surface area contributed by atoms with Crippen molar-refractivity contribution in [2.75, 3.05) is 13.2 Å². The predicted molar refractivity (Wildman–Crippen MR) is 112 cm³/mol. The lowest BCUT2D eigenvalue weighted by molar-refractivity contribution is -0.163. The molecule has 9 nitrogen and oxygen atoms in total. The fourth-order valence-electron chi connectivity index (χ4n) is 4.36. The van der Waals surface area contributed by atoms with E-state index in [-0.39, 0.29) is 36.2 Å². The van der Waals surface area contributed by atoms with Gasteiger partial charge in [0.1, 0.15) is 5.70 Å². The minimum absolute atomic E-state index is 0.0217. The summed E-state index contributed by atoms with van der Waals surface area (Å²) in [6.45, 7) is 3.81. The highest BCUT2D eigenvalue weighted by Gasteiger charge is 2.60. The molecule has 1 amide bonds. The lowest BCUT2D eigenvalue weighted by Crippen LogP contribution is -2.63. The van der Waals surface area contributed by atoms with Crippen molar-refractivity contribution in [3.05, 3.63) is 27.8 Å². The van der Waals surface area contributed by atoms with Crippen LogP contribution in [0.15, 0.2) is 26.4 Å². The maximum Gasteiger partial charge on any atom is 0.353 e. The Labute approximate surface area is 181 Å². The number of thiazole rings is 1. The summed E-state index contributed by atoms with van der Waals surface area (Å²) >= 11 is 2.63. The molecular formula is C19H22N4O5S2. The van der Waals surface area contributed by atoms with E-state index < -0.39 is 18.0 Å². The first-order valence-electron chi connectivity index (χ1n) is 9.48. The average molecular weight is 451 g/mol. The van der Waals surface area contributed by atoms with E-state index in [9.17, 15) is 24.9 Å². The number of rotatable bonds is 7. The Morgan fingerprint density at radius 2 is 2.27 bits per heavy atom. The predicted octanol–water partition coefficient (Wildman–Crippen LogP) is 1.06. The molecule has 30 heavy (non-hydrogen) atoms. The molecule has 160 valence electrons. The summed E-state index contributed by atoms with van der Waals surface area (Å²) in [4.78, 5) is 32.5. The second-order valence-corrected chi connectivity index (χ2v) is 9.76. The van der Waals surface area contributed by atoms with Gasteiger partial charge in [0.2, 0.25) is 5.91 Å². The maximum atomic E-state index is 12.4. The van der Waals surface area contributed by atoms with Crippen molar-refractivity contribution in [1.29, 1.82) is 5.41 Å². The Morgan fingerprint density at radius 1 is 1.53 bits per heavy atom. The van der Waals surface area contributed by atoms with Gasteiger partial charge in [-0.1, -0.05) is 24.8 Å². The molecule has 0 aliphatic carbocycles. The molecule has 1 saturated heterocycles. The maximum absolute atomic E-state index is 12.4. The number of thioether (sulfide) groups is 1. The Hall–Kier alpha value is -2.21. The summed E-state index contributed by atoms with van der Waals surface area (Å²) in [6.07, 6.45) is 2.24. The summed E-state index contributed by atoms with van der Waals surface area (Å²) < 4.78 is 0.656. The number of aromatic nitrogens is 1. The number of amides is 1. The first kappa shape index (κ1) is 21.0. The number of carbonyl (C=O) groups excluding carboxylic acids is 1. The van der Waals surface area contributed by atoms with Crippen LogP contribution in [0, 0.1) is 17.2 Å². The van der Waals surface area contributed by atoms with Crippen molar-refractivity contribution < 1.29 is 24.9 Å². The van der Waals surface area contributed by atoms with E-state index in [4.69, 9.17) is 5.41 Å². The van der Waals surface area contributed by atoms with Crippen LogP contribution in [0.1, 0.15) is 19.5 Å². The Balaban J connectivity index is 1.59. The third kappa shape index (κ3) is 3.16. The molecule has 4 N–H and O–H groups in total. The Morgan fingerprint density at radius 3 is 2.83 bits per heavy atom. The van der Waals surface area contributed by atoms with Crippen molar-refractivity contribution in [3.8, 4) is 0 Å². The van der Waals surface area contributed by atoms with Crippen molar-refractivity contribution in [3.63, 3.8) is 0 Å². The van der Waals surface area contributed by atoms with Crippen LogP contribution in [0.2, 0.25) is 0 Å². The molecule has 5 unspecified atom stereocenters. The minimum Gasteiger partial charge on any atom is -0.477 e. The molecule has 0 radical (unpaired) electrons. The van der Waals surface area contributed by atoms with Crippen molar-refractivity contribution in [2.24, 2.45) is 11.8 Å². The number of aliphatic carboxylic acids is 1. The van der Waals surface area contributed by atoms with Gasteiger partial charge in [0.15, 0.2) is 4.34 Å². The number of fused-ring (bicyclic) bond motifs is 1. The van der Waals surface area contributed by atoms with E-state index in [1.54, 1.807) is 11.8 Å². The highest BCUT2D eigenvalue weighted by molar-refractivity contribution is 8.04. The normalized spacial score (nSPS) is 29.1. The number of carboxylic acids is 1. The van der Waals surface area contributed by atoms with Crippen molar-refractivity contribution in [1.82, 2.24) is 14.8 Å². The van der Waals surface area contributed by atoms with Crippen LogP contribution in [-0.4, -0.2) is 79.7 Å². The number of nitrogens with one attached hydrogen (secondary N) is 1. The first-order valence-corrected chi connectivity index (χ1v) is 11.2. The molecule has 4 rings (SSSR count). The minimum atomic E-state index is -1.16. The van der Waals surface area contributed by atoms with E-state index in [0.717, 1.165) is 11.3 Å². The van der Waals surface area contributed by atoms with Gasteiger partial charge >= 0.3 is 5.97 Å². The van der Waals surface area contributed by atoms with Gasteiger partial charge in [0.25, 0.3) is 0 Å². The number of carboxylic acid groups (broad SMARTS) is 1. The largest absolute Gasteiger partial charge is 0.477 e. The highest BCUT2D eigenvalue weighted by atomic mass is 32.2. The molecule has 5 atom stereocenters. The molecule has 3 aliphatic rings. The molecule has 0 aromatic carbocycles. The standard InChI is InChI=1S/C19H22N4O5S2/c1-8-14-13(9(2)25)17(26)23(14)15(18(27)28)16(8)30-19-21-12(6-29-19)10-3-11(5-24)22(4-10)7-20/h3,6-9,11,13-14,20,24-25H,4-5H2,1-2H3,(H,27,28). The number of aliphatic hydroxyl groups excluding tert-OH is 2. The topological polar surface area (TPSA) is 138 Å². The summed E-state index contributed by atoms with van der Waals surface area (Å²) in [7, 11) is 0. The van der Waals surface area contributed by atoms with Gasteiger partial charge in [0, 0.05) is 22.7 Å². The van der Waals surface area contributed by atoms with Crippen molar-refractivity contribution in [2.45, 2.75) is 36.4 Å². The Bertz CT molecular complexity index is 972. The molecular weight excluding hydrogens is 428 g/mol. The number of hydrogen-bond acceptors (Lipinski definition) is 8. The highest BCUT2D eigenvalue weighted by Crippen LogP contribution is 2.52. The van der Waals surface area contributed by atoms with E-state index in [1.807, 2.05) is 18.4 Å². The zero-order valence-corrected chi connectivity index (χ0v) is 18.0. The smallest absolute Gasteiger partial charge is 0.353 e. The molecule has 1 aromatic rings. The summed E-state index contributed by atoms with van der Waals surface area (Å²) in [5, 5.41) is 38.4. The molecule has 1 fully saturated rings. The third-order valence-electron chi connectivity index (χ3n) is 5.85. The van der Waals surface area contributed by atoms with Crippen LogP contribution < -0.4 is 0 Å². The summed E-state index contributed by atoms with van der Waals surface area (Å²) in [6, 6.07) is -0.604. The summed E-state index contributed by atoms with van der Waals surface area (Å²) in [5.41, 5.74) is 1.61. The number of β-lactam (4-membered cyclic amide) rings is 1. The number of nitrogens with zero attached hydrogens (tertiary/aromatic N) is 3. The lowest BCUT2D eigenvalue weighted by atomic mass is 9.79.